The molecule has 0 heterocycles. The molecule has 7 N–H and O–H groups in total. The van der Waals surface area contributed by atoms with Crippen molar-refractivity contribution < 1.29 is 14.7 Å². The highest BCUT2D eigenvalue weighted by molar-refractivity contribution is 5.89. The van der Waals surface area contributed by atoms with Crippen LogP contribution in [0.5, 0.6) is 5.75 Å². The lowest BCUT2D eigenvalue weighted by Crippen LogP contribution is -2.49. The van der Waals surface area contributed by atoms with Gasteiger partial charge in [0.1, 0.15) is 11.8 Å². The number of benzene rings is 3. The van der Waals surface area contributed by atoms with Gasteiger partial charge in [-0.15, -0.1) is 0 Å². The van der Waals surface area contributed by atoms with Crippen LogP contribution in [0.25, 0.3) is 11.1 Å². The maximum atomic E-state index is 13.9. The Balaban J connectivity index is 1.96. The van der Waals surface area contributed by atoms with E-state index in [-0.39, 0.29) is 24.0 Å². The Morgan fingerprint density at radius 1 is 0.946 bits per heavy atom. The van der Waals surface area contributed by atoms with Gasteiger partial charge in [0.25, 0.3) is 0 Å². The number of hydrogen-bond donors (Lipinski definition) is 4. The maximum absolute atomic E-state index is 13.9. The summed E-state index contributed by atoms with van der Waals surface area (Å²) >= 11 is 0. The van der Waals surface area contributed by atoms with Crippen molar-refractivity contribution in [1.82, 2.24) is 4.90 Å². The molecule has 0 aliphatic rings. The van der Waals surface area contributed by atoms with E-state index in [0.717, 1.165) is 27.8 Å². The fourth-order valence-electron chi connectivity index (χ4n) is 4.43. The summed E-state index contributed by atoms with van der Waals surface area (Å²) in [4.78, 5) is 32.1. The van der Waals surface area contributed by atoms with Gasteiger partial charge in [-0.2, -0.15) is 0 Å². The van der Waals surface area contributed by atoms with Gasteiger partial charge in [0.05, 0.1) is 12.5 Å². The molecule has 0 aromatic heterocycles. The number of guanidine groups is 1. The Bertz CT molecular complexity index is 1240. The van der Waals surface area contributed by atoms with Crippen LogP contribution in [0.2, 0.25) is 0 Å². The Hall–Kier alpha value is -4.33. The Kier molecular flexibility index (Phi) is 9.27. The van der Waals surface area contributed by atoms with E-state index in [1.807, 2.05) is 62.4 Å². The fourth-order valence-corrected chi connectivity index (χ4v) is 4.43. The highest BCUT2D eigenvalue weighted by Crippen LogP contribution is 2.29. The second kappa shape index (κ2) is 12.6. The molecule has 37 heavy (non-hydrogen) atoms. The molecule has 3 aromatic rings. The van der Waals surface area contributed by atoms with Crippen molar-refractivity contribution in [2.45, 2.75) is 45.2 Å². The van der Waals surface area contributed by atoms with E-state index < -0.39 is 18.0 Å². The summed E-state index contributed by atoms with van der Waals surface area (Å²) in [6.07, 6.45) is 0.863. The van der Waals surface area contributed by atoms with Gasteiger partial charge in [0, 0.05) is 6.54 Å². The van der Waals surface area contributed by atoms with Crippen molar-refractivity contribution in [2.24, 2.45) is 22.2 Å². The van der Waals surface area contributed by atoms with Crippen LogP contribution in [0.4, 0.5) is 0 Å². The molecule has 2 atom stereocenters. The molecule has 194 valence electrons. The van der Waals surface area contributed by atoms with Gasteiger partial charge >= 0.3 is 0 Å². The first-order valence-corrected chi connectivity index (χ1v) is 12.3. The number of aliphatic imine (C=N–C) groups is 1. The number of carbonyl (C=O) groups excluding carboxylic acids is 2. The minimum atomic E-state index is -0.864. The van der Waals surface area contributed by atoms with Crippen LogP contribution in [-0.2, 0) is 16.0 Å². The molecule has 0 unspecified atom stereocenters. The van der Waals surface area contributed by atoms with Gasteiger partial charge in [0.15, 0.2) is 5.96 Å². The topological polar surface area (TPSA) is 148 Å². The lowest BCUT2D eigenvalue weighted by molar-refractivity contribution is -0.141. The smallest absolute Gasteiger partial charge is 0.240 e. The van der Waals surface area contributed by atoms with Gasteiger partial charge in [-0.05, 0) is 61.1 Å². The third kappa shape index (κ3) is 7.33. The minimum absolute atomic E-state index is 0.0336. The first-order valence-electron chi connectivity index (χ1n) is 12.3. The van der Waals surface area contributed by atoms with E-state index in [9.17, 15) is 14.7 Å². The van der Waals surface area contributed by atoms with Crippen LogP contribution in [0.3, 0.4) is 0 Å². The SMILES string of the molecule is Cc1ccc(-c2ccccc2CC(=O)N([C@H](CCCN=C(N)N)C(N)=O)[C@H](C)c2ccc(O)cc2)cc1. The first kappa shape index (κ1) is 27.3. The number of phenolic OH excluding ortho intramolecular Hbond substituents is 1. The van der Waals surface area contributed by atoms with E-state index in [1.165, 1.54) is 0 Å². The van der Waals surface area contributed by atoms with Crippen LogP contribution in [0.1, 0.15) is 42.5 Å². The third-order valence-corrected chi connectivity index (χ3v) is 6.40. The van der Waals surface area contributed by atoms with Gasteiger partial charge in [-0.1, -0.05) is 66.2 Å². The van der Waals surface area contributed by atoms with E-state index >= 15 is 0 Å². The lowest BCUT2D eigenvalue weighted by atomic mass is 9.95. The van der Waals surface area contributed by atoms with Crippen LogP contribution >= 0.6 is 0 Å². The second-order valence-corrected chi connectivity index (χ2v) is 9.14. The summed E-state index contributed by atoms with van der Waals surface area (Å²) in [5, 5.41) is 9.73. The highest BCUT2D eigenvalue weighted by Gasteiger charge is 2.33. The van der Waals surface area contributed by atoms with Crippen molar-refractivity contribution in [1.29, 1.82) is 0 Å². The fraction of sp³-hybridized carbons (Fsp3) is 0.276. The zero-order chi connectivity index (χ0) is 26.9. The summed E-state index contributed by atoms with van der Waals surface area (Å²) in [5.41, 5.74) is 21.4. The molecule has 8 heteroatoms. The number of aromatic hydroxyl groups is 1. The molecular weight excluding hydrogens is 466 g/mol. The number of primary amides is 1. The molecule has 3 rings (SSSR count). The predicted octanol–water partition coefficient (Wildman–Crippen LogP) is 3.41. The van der Waals surface area contributed by atoms with E-state index in [0.29, 0.717) is 19.4 Å². The van der Waals surface area contributed by atoms with Crippen molar-refractivity contribution in [3.8, 4) is 16.9 Å². The average Bonchev–Trinajstić information content (AvgIpc) is 2.86. The number of phenols is 1. The number of nitrogens with two attached hydrogens (primary N) is 3. The van der Waals surface area contributed by atoms with Crippen molar-refractivity contribution in [2.75, 3.05) is 6.54 Å². The lowest BCUT2D eigenvalue weighted by Gasteiger charge is -2.35. The number of carbonyl (C=O) groups is 2. The standard InChI is InChI=1S/C29H35N5O3/c1-19-9-11-22(12-10-19)25-7-4-3-6-23(25)18-27(36)34(20(2)21-13-15-24(35)16-14-21)26(28(30)37)8-5-17-33-29(31)32/h3-4,6-7,9-16,20,26,35H,5,8,17-18H2,1-2H3,(H2,30,37)(H4,31,32,33)/t20-,26-/m1/s1. The summed E-state index contributed by atoms with van der Waals surface area (Å²) in [7, 11) is 0. The number of rotatable bonds is 11. The molecule has 0 radical (unpaired) electrons. The van der Waals surface area contributed by atoms with Crippen LogP contribution in [-0.4, -0.2) is 40.4 Å². The zero-order valence-electron chi connectivity index (χ0n) is 21.3. The van der Waals surface area contributed by atoms with Crippen molar-refractivity contribution in [3.05, 3.63) is 89.5 Å². The second-order valence-electron chi connectivity index (χ2n) is 9.14. The Labute approximate surface area is 217 Å². The van der Waals surface area contributed by atoms with Crippen LogP contribution in [0.15, 0.2) is 77.8 Å². The van der Waals surface area contributed by atoms with Gasteiger partial charge in [-0.3, -0.25) is 14.6 Å². The molecule has 2 amide bonds. The third-order valence-electron chi connectivity index (χ3n) is 6.40. The summed E-state index contributed by atoms with van der Waals surface area (Å²) < 4.78 is 0. The molecule has 0 spiro atoms. The number of aryl methyl sites for hydroxylation is 1. The van der Waals surface area contributed by atoms with Gasteiger partial charge in [-0.25, -0.2) is 0 Å². The van der Waals surface area contributed by atoms with Gasteiger partial charge < -0.3 is 27.2 Å². The summed E-state index contributed by atoms with van der Waals surface area (Å²) in [6.45, 7) is 4.19. The van der Waals surface area contributed by atoms with E-state index in [1.54, 1.807) is 29.2 Å². The zero-order valence-corrected chi connectivity index (χ0v) is 21.3. The van der Waals surface area contributed by atoms with E-state index in [4.69, 9.17) is 17.2 Å². The summed E-state index contributed by atoms with van der Waals surface area (Å²) in [6, 6.07) is 21.1. The van der Waals surface area contributed by atoms with Crippen molar-refractivity contribution in [3.63, 3.8) is 0 Å². The molecule has 0 aliphatic carbocycles. The number of nitrogens with zero attached hydrogens (tertiary/aromatic N) is 2. The largest absolute Gasteiger partial charge is 0.508 e. The first-order chi connectivity index (χ1) is 17.7. The molecule has 8 nitrogen and oxygen atoms in total. The molecule has 0 saturated carbocycles. The molecule has 0 aliphatic heterocycles. The monoisotopic (exact) mass is 501 g/mol. The average molecular weight is 502 g/mol. The van der Waals surface area contributed by atoms with Crippen molar-refractivity contribution >= 4 is 17.8 Å². The van der Waals surface area contributed by atoms with Crippen LogP contribution < -0.4 is 17.2 Å². The highest BCUT2D eigenvalue weighted by atomic mass is 16.3. The number of hydrogen-bond acceptors (Lipinski definition) is 4. The molecule has 0 saturated heterocycles. The quantitative estimate of drug-likeness (QED) is 0.181. The van der Waals surface area contributed by atoms with Crippen LogP contribution in [0, 0.1) is 6.92 Å². The normalized spacial score (nSPS) is 12.4. The predicted molar refractivity (Wildman–Crippen MR) is 147 cm³/mol. The molecule has 0 bridgehead atoms. The van der Waals surface area contributed by atoms with Gasteiger partial charge in [0.2, 0.25) is 11.8 Å². The molecule has 0 fully saturated rings. The summed E-state index contributed by atoms with van der Waals surface area (Å²) in [5.74, 6) is -0.750. The Morgan fingerprint density at radius 3 is 2.22 bits per heavy atom. The molecular formula is C29H35N5O3. The molecule has 3 aromatic carbocycles. The number of amides is 2. The maximum Gasteiger partial charge on any atom is 0.240 e. The van der Waals surface area contributed by atoms with E-state index in [2.05, 4.69) is 4.99 Å². The Morgan fingerprint density at radius 2 is 1.59 bits per heavy atom. The minimum Gasteiger partial charge on any atom is -0.508 e.